The third-order valence-electron chi connectivity index (χ3n) is 5.62. The minimum absolute atomic E-state index is 0.0676. The molecule has 2 rings (SSSR count). The summed E-state index contributed by atoms with van der Waals surface area (Å²) in [7, 11) is 3.73. The molecule has 0 aromatic carbocycles. The Hall–Kier alpha value is -0.120. The second-order valence-corrected chi connectivity index (χ2v) is 6.46. The second kappa shape index (κ2) is 7.77. The van der Waals surface area contributed by atoms with Crippen molar-refractivity contribution in [2.45, 2.75) is 70.5 Å². The highest BCUT2D eigenvalue weighted by atomic mass is 16.5. The molecule has 0 saturated heterocycles. The summed E-state index contributed by atoms with van der Waals surface area (Å²) in [6.07, 6.45) is 10.8. The van der Waals surface area contributed by atoms with Gasteiger partial charge in [0.2, 0.25) is 0 Å². The standard InChI is InChI=1S/C17H32O3/c1-4-20-13-17(14-9-6-5-7-10-14)15(18-2)11-8-12-16(17)19-3/h14-16H,4-13H2,1-3H3. The van der Waals surface area contributed by atoms with Gasteiger partial charge in [-0.15, -0.1) is 0 Å². The first kappa shape index (κ1) is 16.3. The van der Waals surface area contributed by atoms with Gasteiger partial charge in [-0.3, -0.25) is 0 Å². The van der Waals surface area contributed by atoms with E-state index in [4.69, 9.17) is 14.2 Å². The summed E-state index contributed by atoms with van der Waals surface area (Å²) >= 11 is 0. The molecular formula is C17H32O3. The average Bonchev–Trinajstić information content (AvgIpc) is 2.53. The van der Waals surface area contributed by atoms with E-state index in [1.54, 1.807) is 0 Å². The van der Waals surface area contributed by atoms with Gasteiger partial charge in [0.1, 0.15) is 0 Å². The zero-order valence-electron chi connectivity index (χ0n) is 13.5. The molecule has 0 aromatic heterocycles. The Kier molecular flexibility index (Phi) is 6.31. The van der Waals surface area contributed by atoms with Crippen LogP contribution in [0.25, 0.3) is 0 Å². The van der Waals surface area contributed by atoms with E-state index in [-0.39, 0.29) is 17.6 Å². The van der Waals surface area contributed by atoms with Crippen LogP contribution < -0.4 is 0 Å². The largest absolute Gasteiger partial charge is 0.381 e. The van der Waals surface area contributed by atoms with Crippen molar-refractivity contribution in [3.8, 4) is 0 Å². The van der Waals surface area contributed by atoms with Crippen molar-refractivity contribution in [2.24, 2.45) is 11.3 Å². The summed E-state index contributed by atoms with van der Waals surface area (Å²) in [5, 5.41) is 0. The fourth-order valence-electron chi connectivity index (χ4n) is 4.66. The SMILES string of the molecule is CCOCC1(C2CCCCC2)C(OC)CCCC1OC. The van der Waals surface area contributed by atoms with Crippen LogP contribution >= 0.6 is 0 Å². The van der Waals surface area contributed by atoms with Gasteiger partial charge in [-0.25, -0.2) is 0 Å². The topological polar surface area (TPSA) is 27.7 Å². The fourth-order valence-corrected chi connectivity index (χ4v) is 4.66. The summed E-state index contributed by atoms with van der Waals surface area (Å²) in [4.78, 5) is 0. The molecule has 0 N–H and O–H groups in total. The van der Waals surface area contributed by atoms with Gasteiger partial charge in [-0.1, -0.05) is 19.3 Å². The lowest BCUT2D eigenvalue weighted by molar-refractivity contribution is -0.190. The fraction of sp³-hybridized carbons (Fsp3) is 1.00. The highest BCUT2D eigenvalue weighted by Crippen LogP contribution is 2.50. The molecule has 0 amide bonds. The molecule has 0 bridgehead atoms. The summed E-state index contributed by atoms with van der Waals surface area (Å²) in [5.74, 6) is 0.693. The van der Waals surface area contributed by atoms with Crippen LogP contribution in [0.3, 0.4) is 0 Å². The van der Waals surface area contributed by atoms with Crippen molar-refractivity contribution in [1.29, 1.82) is 0 Å². The zero-order chi connectivity index (χ0) is 14.4. The molecule has 2 saturated carbocycles. The Balaban J connectivity index is 2.27. The molecule has 2 fully saturated rings. The van der Waals surface area contributed by atoms with Gasteiger partial charge >= 0.3 is 0 Å². The maximum absolute atomic E-state index is 5.93. The first-order valence-electron chi connectivity index (χ1n) is 8.42. The van der Waals surface area contributed by atoms with Crippen LogP contribution in [0.4, 0.5) is 0 Å². The molecule has 0 aliphatic heterocycles. The molecule has 3 heteroatoms. The highest BCUT2D eigenvalue weighted by molar-refractivity contribution is 5.02. The first-order chi connectivity index (χ1) is 9.79. The van der Waals surface area contributed by atoms with E-state index in [2.05, 4.69) is 6.92 Å². The van der Waals surface area contributed by atoms with Crippen molar-refractivity contribution in [2.75, 3.05) is 27.4 Å². The van der Waals surface area contributed by atoms with Crippen molar-refractivity contribution >= 4 is 0 Å². The molecule has 0 radical (unpaired) electrons. The third kappa shape index (κ3) is 3.05. The molecule has 2 aliphatic rings. The molecule has 118 valence electrons. The molecular weight excluding hydrogens is 252 g/mol. The van der Waals surface area contributed by atoms with Crippen LogP contribution in [-0.4, -0.2) is 39.6 Å². The van der Waals surface area contributed by atoms with Crippen LogP contribution in [0.2, 0.25) is 0 Å². The molecule has 0 aromatic rings. The molecule has 2 aliphatic carbocycles. The van der Waals surface area contributed by atoms with E-state index >= 15 is 0 Å². The smallest absolute Gasteiger partial charge is 0.0677 e. The maximum atomic E-state index is 5.93. The summed E-state index contributed by atoms with van der Waals surface area (Å²) in [6.45, 7) is 3.66. The van der Waals surface area contributed by atoms with Crippen LogP contribution in [0, 0.1) is 11.3 Å². The Morgan fingerprint density at radius 3 is 1.95 bits per heavy atom. The van der Waals surface area contributed by atoms with Crippen molar-refractivity contribution in [3.63, 3.8) is 0 Å². The first-order valence-corrected chi connectivity index (χ1v) is 8.42. The van der Waals surface area contributed by atoms with E-state index in [0.717, 1.165) is 26.1 Å². The Labute approximate surface area is 124 Å². The number of ether oxygens (including phenoxy) is 3. The van der Waals surface area contributed by atoms with Crippen molar-refractivity contribution < 1.29 is 14.2 Å². The van der Waals surface area contributed by atoms with Gasteiger partial charge < -0.3 is 14.2 Å². The van der Waals surface area contributed by atoms with E-state index in [0.29, 0.717) is 5.92 Å². The van der Waals surface area contributed by atoms with Crippen molar-refractivity contribution in [1.82, 2.24) is 0 Å². The van der Waals surface area contributed by atoms with Gasteiger partial charge in [0.25, 0.3) is 0 Å². The predicted octanol–water partition coefficient (Wildman–Crippen LogP) is 3.80. The van der Waals surface area contributed by atoms with Gasteiger partial charge in [0, 0.05) is 26.2 Å². The Morgan fingerprint density at radius 2 is 1.45 bits per heavy atom. The normalized spacial score (nSPS) is 36.1. The third-order valence-corrected chi connectivity index (χ3v) is 5.62. The number of hydrogen-bond acceptors (Lipinski definition) is 3. The quantitative estimate of drug-likeness (QED) is 0.742. The lowest BCUT2D eigenvalue weighted by Crippen LogP contribution is -2.57. The number of rotatable bonds is 6. The summed E-state index contributed by atoms with van der Waals surface area (Å²) in [5.41, 5.74) is 0.0676. The molecule has 0 heterocycles. The summed E-state index contributed by atoms with van der Waals surface area (Å²) < 4.78 is 17.8. The van der Waals surface area contributed by atoms with Crippen LogP contribution in [0.1, 0.15) is 58.3 Å². The van der Waals surface area contributed by atoms with Crippen LogP contribution in [0.15, 0.2) is 0 Å². The average molecular weight is 284 g/mol. The van der Waals surface area contributed by atoms with E-state index in [1.165, 1.54) is 38.5 Å². The number of hydrogen-bond donors (Lipinski definition) is 0. The molecule has 0 spiro atoms. The molecule has 3 nitrogen and oxygen atoms in total. The van der Waals surface area contributed by atoms with Crippen LogP contribution in [-0.2, 0) is 14.2 Å². The highest BCUT2D eigenvalue weighted by Gasteiger charge is 2.53. The predicted molar refractivity (Wildman–Crippen MR) is 80.9 cm³/mol. The maximum Gasteiger partial charge on any atom is 0.0677 e. The van der Waals surface area contributed by atoms with Gasteiger partial charge in [0.05, 0.1) is 18.8 Å². The van der Waals surface area contributed by atoms with Crippen molar-refractivity contribution in [3.05, 3.63) is 0 Å². The Bertz CT molecular complexity index is 261. The van der Waals surface area contributed by atoms with E-state index < -0.39 is 0 Å². The molecule has 2 atom stereocenters. The van der Waals surface area contributed by atoms with E-state index in [9.17, 15) is 0 Å². The lowest BCUT2D eigenvalue weighted by atomic mass is 9.59. The minimum atomic E-state index is 0.0676. The number of methoxy groups -OCH3 is 2. The minimum Gasteiger partial charge on any atom is -0.381 e. The molecule has 2 unspecified atom stereocenters. The second-order valence-electron chi connectivity index (χ2n) is 6.46. The molecule has 20 heavy (non-hydrogen) atoms. The van der Waals surface area contributed by atoms with Gasteiger partial charge in [-0.2, -0.15) is 0 Å². The zero-order valence-corrected chi connectivity index (χ0v) is 13.5. The monoisotopic (exact) mass is 284 g/mol. The summed E-state index contributed by atoms with van der Waals surface area (Å²) in [6, 6.07) is 0. The van der Waals surface area contributed by atoms with Gasteiger partial charge in [0.15, 0.2) is 0 Å². The van der Waals surface area contributed by atoms with E-state index in [1.807, 2.05) is 14.2 Å². The lowest BCUT2D eigenvalue weighted by Gasteiger charge is -2.53. The van der Waals surface area contributed by atoms with Crippen LogP contribution in [0.5, 0.6) is 0 Å². The van der Waals surface area contributed by atoms with Gasteiger partial charge in [-0.05, 0) is 44.9 Å². The Morgan fingerprint density at radius 1 is 0.850 bits per heavy atom.